The summed E-state index contributed by atoms with van der Waals surface area (Å²) in [5.74, 6) is -0.0337. The van der Waals surface area contributed by atoms with E-state index >= 15 is 0 Å². The first-order chi connectivity index (χ1) is 7.68. The van der Waals surface area contributed by atoms with Gasteiger partial charge in [0.05, 0.1) is 19.1 Å². The second kappa shape index (κ2) is 4.43. The van der Waals surface area contributed by atoms with Crippen molar-refractivity contribution in [2.24, 2.45) is 0 Å². The standard InChI is InChI=1S/C12H14O4/c1-8(12(13)14)9-3-4-10-11(7-9)16-6-2-5-15-10/h3-4,7-8H,2,5-6H2,1H3,(H,13,14). The summed E-state index contributed by atoms with van der Waals surface area (Å²) in [6, 6.07) is 5.29. The normalized spacial score (nSPS) is 16.3. The van der Waals surface area contributed by atoms with E-state index in [9.17, 15) is 4.79 Å². The van der Waals surface area contributed by atoms with Crippen LogP contribution in [0.3, 0.4) is 0 Å². The molecule has 1 aromatic carbocycles. The fourth-order valence-electron chi connectivity index (χ4n) is 1.59. The van der Waals surface area contributed by atoms with Gasteiger partial charge in [0.15, 0.2) is 11.5 Å². The number of ether oxygens (including phenoxy) is 2. The summed E-state index contributed by atoms with van der Waals surface area (Å²) >= 11 is 0. The van der Waals surface area contributed by atoms with Crippen LogP contribution in [0.5, 0.6) is 11.5 Å². The van der Waals surface area contributed by atoms with Crippen molar-refractivity contribution in [2.45, 2.75) is 19.3 Å². The summed E-state index contributed by atoms with van der Waals surface area (Å²) in [4.78, 5) is 10.9. The van der Waals surface area contributed by atoms with Gasteiger partial charge in [-0.15, -0.1) is 0 Å². The van der Waals surface area contributed by atoms with E-state index in [4.69, 9.17) is 14.6 Å². The van der Waals surface area contributed by atoms with Crippen LogP contribution in [0, 0.1) is 0 Å². The Morgan fingerprint density at radius 1 is 1.31 bits per heavy atom. The van der Waals surface area contributed by atoms with Crippen LogP contribution in [0.4, 0.5) is 0 Å². The van der Waals surface area contributed by atoms with Gasteiger partial charge in [0, 0.05) is 6.42 Å². The smallest absolute Gasteiger partial charge is 0.310 e. The summed E-state index contributed by atoms with van der Waals surface area (Å²) in [6.07, 6.45) is 0.846. The number of hydrogen-bond donors (Lipinski definition) is 1. The fourth-order valence-corrected chi connectivity index (χ4v) is 1.59. The van der Waals surface area contributed by atoms with Gasteiger partial charge in [-0.25, -0.2) is 0 Å². The quantitative estimate of drug-likeness (QED) is 0.831. The van der Waals surface area contributed by atoms with Crippen molar-refractivity contribution in [1.82, 2.24) is 0 Å². The topological polar surface area (TPSA) is 55.8 Å². The molecule has 0 amide bonds. The van der Waals surface area contributed by atoms with Crippen molar-refractivity contribution in [3.8, 4) is 11.5 Å². The summed E-state index contributed by atoms with van der Waals surface area (Å²) < 4.78 is 11.0. The fraction of sp³-hybridized carbons (Fsp3) is 0.417. The van der Waals surface area contributed by atoms with Crippen LogP contribution in [0.25, 0.3) is 0 Å². The molecule has 1 aliphatic heterocycles. The second-order valence-electron chi connectivity index (χ2n) is 3.82. The average Bonchev–Trinajstić information content (AvgIpc) is 2.51. The largest absolute Gasteiger partial charge is 0.490 e. The SMILES string of the molecule is CC(C(=O)O)c1ccc2c(c1)OCCCO2. The molecule has 2 rings (SSSR count). The van der Waals surface area contributed by atoms with E-state index in [0.717, 1.165) is 12.0 Å². The van der Waals surface area contributed by atoms with Crippen LogP contribution < -0.4 is 9.47 Å². The van der Waals surface area contributed by atoms with Crippen molar-refractivity contribution in [3.05, 3.63) is 23.8 Å². The zero-order valence-electron chi connectivity index (χ0n) is 9.10. The summed E-state index contributed by atoms with van der Waals surface area (Å²) in [5.41, 5.74) is 0.733. The lowest BCUT2D eigenvalue weighted by atomic mass is 10.0. The number of rotatable bonds is 2. The number of carbonyl (C=O) groups is 1. The van der Waals surface area contributed by atoms with Crippen LogP contribution in [-0.4, -0.2) is 24.3 Å². The Labute approximate surface area is 93.8 Å². The minimum absolute atomic E-state index is 0.530. The number of carboxylic acids is 1. The highest BCUT2D eigenvalue weighted by Crippen LogP contribution is 2.32. The Bertz CT molecular complexity index is 400. The van der Waals surface area contributed by atoms with Gasteiger partial charge in [0.25, 0.3) is 0 Å². The van der Waals surface area contributed by atoms with Crippen LogP contribution in [0.1, 0.15) is 24.8 Å². The Kier molecular flexibility index (Phi) is 2.99. The summed E-state index contributed by atoms with van der Waals surface area (Å²) in [5, 5.41) is 8.92. The van der Waals surface area contributed by atoms with Crippen molar-refractivity contribution in [1.29, 1.82) is 0 Å². The highest BCUT2D eigenvalue weighted by molar-refractivity contribution is 5.75. The molecule has 16 heavy (non-hydrogen) atoms. The van der Waals surface area contributed by atoms with Crippen molar-refractivity contribution in [3.63, 3.8) is 0 Å². The molecular weight excluding hydrogens is 208 g/mol. The molecule has 0 aromatic heterocycles. The molecule has 4 nitrogen and oxygen atoms in total. The lowest BCUT2D eigenvalue weighted by Crippen LogP contribution is -2.07. The van der Waals surface area contributed by atoms with Gasteiger partial charge in [-0.05, 0) is 24.6 Å². The Morgan fingerprint density at radius 2 is 2.00 bits per heavy atom. The third-order valence-corrected chi connectivity index (χ3v) is 2.64. The Hall–Kier alpha value is -1.71. The van der Waals surface area contributed by atoms with E-state index in [2.05, 4.69) is 0 Å². The molecule has 1 aliphatic rings. The van der Waals surface area contributed by atoms with Crippen molar-refractivity contribution in [2.75, 3.05) is 13.2 Å². The Balaban J connectivity index is 2.30. The molecule has 0 aliphatic carbocycles. The molecule has 1 atom stereocenters. The molecule has 1 aromatic rings. The van der Waals surface area contributed by atoms with Crippen molar-refractivity contribution < 1.29 is 19.4 Å². The minimum atomic E-state index is -0.838. The zero-order chi connectivity index (χ0) is 11.5. The molecule has 0 radical (unpaired) electrons. The maximum Gasteiger partial charge on any atom is 0.310 e. The van der Waals surface area contributed by atoms with Crippen LogP contribution in [-0.2, 0) is 4.79 Å². The van der Waals surface area contributed by atoms with Crippen LogP contribution in [0.2, 0.25) is 0 Å². The zero-order valence-corrected chi connectivity index (χ0v) is 9.10. The molecule has 0 saturated heterocycles. The molecule has 1 heterocycles. The summed E-state index contributed by atoms with van der Waals surface area (Å²) in [6.45, 7) is 2.90. The lowest BCUT2D eigenvalue weighted by molar-refractivity contribution is -0.138. The first-order valence-corrected chi connectivity index (χ1v) is 5.31. The average molecular weight is 222 g/mol. The van der Waals surface area contributed by atoms with E-state index in [1.165, 1.54) is 0 Å². The third-order valence-electron chi connectivity index (χ3n) is 2.64. The van der Waals surface area contributed by atoms with Crippen molar-refractivity contribution >= 4 is 5.97 Å². The van der Waals surface area contributed by atoms with E-state index in [0.29, 0.717) is 24.7 Å². The predicted octanol–water partition coefficient (Wildman–Crippen LogP) is 2.04. The maximum absolute atomic E-state index is 10.9. The first-order valence-electron chi connectivity index (χ1n) is 5.31. The van der Waals surface area contributed by atoms with Gasteiger partial charge in [-0.2, -0.15) is 0 Å². The van der Waals surface area contributed by atoms with Gasteiger partial charge >= 0.3 is 5.97 Å². The predicted molar refractivity (Wildman–Crippen MR) is 58.1 cm³/mol. The molecule has 0 spiro atoms. The lowest BCUT2D eigenvalue weighted by Gasteiger charge is -2.11. The number of aliphatic carboxylic acids is 1. The highest BCUT2D eigenvalue weighted by atomic mass is 16.5. The molecule has 4 heteroatoms. The number of carboxylic acid groups (broad SMARTS) is 1. The van der Waals surface area contributed by atoms with Gasteiger partial charge in [-0.3, -0.25) is 4.79 Å². The third kappa shape index (κ3) is 2.10. The van der Waals surface area contributed by atoms with E-state index in [1.54, 1.807) is 25.1 Å². The van der Waals surface area contributed by atoms with Gasteiger partial charge < -0.3 is 14.6 Å². The highest BCUT2D eigenvalue weighted by Gasteiger charge is 2.17. The van der Waals surface area contributed by atoms with E-state index in [1.807, 2.05) is 0 Å². The monoisotopic (exact) mass is 222 g/mol. The second-order valence-corrected chi connectivity index (χ2v) is 3.82. The molecule has 0 saturated carbocycles. The molecule has 0 bridgehead atoms. The molecule has 1 N–H and O–H groups in total. The summed E-state index contributed by atoms with van der Waals surface area (Å²) in [7, 11) is 0. The molecular formula is C12H14O4. The number of benzene rings is 1. The molecule has 86 valence electrons. The van der Waals surface area contributed by atoms with Crippen LogP contribution >= 0.6 is 0 Å². The van der Waals surface area contributed by atoms with E-state index in [-0.39, 0.29) is 0 Å². The maximum atomic E-state index is 10.9. The minimum Gasteiger partial charge on any atom is -0.490 e. The first kappa shape index (κ1) is 10.8. The molecule has 1 unspecified atom stereocenters. The van der Waals surface area contributed by atoms with E-state index < -0.39 is 11.9 Å². The van der Waals surface area contributed by atoms with Crippen LogP contribution in [0.15, 0.2) is 18.2 Å². The van der Waals surface area contributed by atoms with Gasteiger partial charge in [0.2, 0.25) is 0 Å². The van der Waals surface area contributed by atoms with Gasteiger partial charge in [-0.1, -0.05) is 6.07 Å². The molecule has 0 fully saturated rings. The number of hydrogen-bond acceptors (Lipinski definition) is 3. The van der Waals surface area contributed by atoms with Gasteiger partial charge in [0.1, 0.15) is 0 Å². The Morgan fingerprint density at radius 3 is 2.69 bits per heavy atom. The number of fused-ring (bicyclic) bond motifs is 1.